The van der Waals surface area contributed by atoms with Crippen molar-refractivity contribution in [1.82, 2.24) is 10.3 Å². The Morgan fingerprint density at radius 3 is 2.35 bits per heavy atom. The lowest BCUT2D eigenvalue weighted by atomic mass is 10.0. The second-order valence-corrected chi connectivity index (χ2v) is 8.99. The van der Waals surface area contributed by atoms with Crippen LogP contribution < -0.4 is 10.0 Å². The Hall–Kier alpha value is -3.14. The molecular weight excluding hydrogens is 431 g/mol. The number of hydrogen-bond acceptors (Lipinski definition) is 4. The molecule has 1 aromatic heterocycles. The molecule has 3 rings (SSSR count). The van der Waals surface area contributed by atoms with E-state index >= 15 is 0 Å². The zero-order valence-corrected chi connectivity index (χ0v) is 17.7. The van der Waals surface area contributed by atoms with E-state index in [4.69, 9.17) is 0 Å². The molecule has 2 N–H and O–H groups in total. The fourth-order valence-corrected chi connectivity index (χ4v) is 3.67. The molecule has 0 saturated heterocycles. The van der Waals surface area contributed by atoms with Gasteiger partial charge in [0.2, 0.25) is 10.0 Å². The number of anilines is 1. The van der Waals surface area contributed by atoms with Crippen LogP contribution in [0.1, 0.15) is 40.1 Å². The van der Waals surface area contributed by atoms with E-state index in [1.54, 1.807) is 32.0 Å². The van der Waals surface area contributed by atoms with Gasteiger partial charge in [-0.25, -0.2) is 13.4 Å². The minimum atomic E-state index is -4.50. The Morgan fingerprint density at radius 2 is 1.74 bits per heavy atom. The third kappa shape index (κ3) is 5.52. The lowest BCUT2D eigenvalue weighted by Gasteiger charge is -2.16. The van der Waals surface area contributed by atoms with Gasteiger partial charge in [0.15, 0.2) is 0 Å². The fraction of sp³-hybridized carbons (Fsp3) is 0.238. The van der Waals surface area contributed by atoms with Crippen LogP contribution in [-0.4, -0.2) is 25.6 Å². The Morgan fingerprint density at radius 1 is 1.06 bits per heavy atom. The van der Waals surface area contributed by atoms with Crippen LogP contribution in [0.2, 0.25) is 0 Å². The maximum absolute atomic E-state index is 12.9. The monoisotopic (exact) mass is 451 g/mol. The van der Waals surface area contributed by atoms with Crippen molar-refractivity contribution in [2.75, 3.05) is 11.0 Å². The number of carbonyl (C=O) groups is 1. The van der Waals surface area contributed by atoms with E-state index in [9.17, 15) is 26.4 Å². The second kappa shape index (κ2) is 8.18. The SMILES string of the molecule is Cc1cc([C@@H](C)NC(=O)c2ccc3ccc(C(F)(F)F)cc3n2)ccc1NS(C)(=O)=O. The topological polar surface area (TPSA) is 88.2 Å². The summed E-state index contributed by atoms with van der Waals surface area (Å²) in [4.78, 5) is 16.7. The van der Waals surface area contributed by atoms with E-state index in [2.05, 4.69) is 15.0 Å². The van der Waals surface area contributed by atoms with Crippen molar-refractivity contribution in [3.05, 3.63) is 70.9 Å². The summed E-state index contributed by atoms with van der Waals surface area (Å²) in [5.41, 5.74) is 1.06. The van der Waals surface area contributed by atoms with Crippen molar-refractivity contribution < 1.29 is 26.4 Å². The van der Waals surface area contributed by atoms with Crippen molar-refractivity contribution >= 4 is 32.5 Å². The number of aromatic nitrogens is 1. The molecule has 0 radical (unpaired) electrons. The van der Waals surface area contributed by atoms with Crippen LogP contribution >= 0.6 is 0 Å². The second-order valence-electron chi connectivity index (χ2n) is 7.25. The van der Waals surface area contributed by atoms with Crippen LogP contribution in [0, 0.1) is 6.92 Å². The highest BCUT2D eigenvalue weighted by molar-refractivity contribution is 7.92. The number of fused-ring (bicyclic) bond motifs is 1. The molecule has 0 spiro atoms. The van der Waals surface area contributed by atoms with Crippen molar-refractivity contribution in [2.45, 2.75) is 26.1 Å². The first kappa shape index (κ1) is 22.5. The number of sulfonamides is 1. The van der Waals surface area contributed by atoms with E-state index in [0.717, 1.165) is 24.0 Å². The molecule has 1 heterocycles. The predicted molar refractivity (Wildman–Crippen MR) is 112 cm³/mol. The largest absolute Gasteiger partial charge is 0.416 e. The van der Waals surface area contributed by atoms with Gasteiger partial charge in [0, 0.05) is 5.39 Å². The molecule has 1 amide bonds. The van der Waals surface area contributed by atoms with Gasteiger partial charge in [0.25, 0.3) is 5.91 Å². The summed E-state index contributed by atoms with van der Waals surface area (Å²) in [7, 11) is -3.42. The van der Waals surface area contributed by atoms with E-state index in [1.807, 2.05) is 0 Å². The van der Waals surface area contributed by atoms with Gasteiger partial charge in [-0.3, -0.25) is 9.52 Å². The number of nitrogens with zero attached hydrogens (tertiary/aromatic N) is 1. The van der Waals surface area contributed by atoms with Crippen LogP contribution in [-0.2, 0) is 16.2 Å². The maximum atomic E-state index is 12.9. The van der Waals surface area contributed by atoms with Crippen LogP contribution in [0.15, 0.2) is 48.5 Å². The van der Waals surface area contributed by atoms with E-state index in [-0.39, 0.29) is 11.2 Å². The van der Waals surface area contributed by atoms with E-state index in [0.29, 0.717) is 16.6 Å². The first-order valence-electron chi connectivity index (χ1n) is 9.21. The highest BCUT2D eigenvalue weighted by atomic mass is 32.2. The van der Waals surface area contributed by atoms with Gasteiger partial charge in [-0.1, -0.05) is 24.3 Å². The Labute approximate surface area is 177 Å². The number of rotatable bonds is 5. The number of halogens is 3. The van der Waals surface area contributed by atoms with Crippen LogP contribution in [0.25, 0.3) is 10.9 Å². The minimum absolute atomic E-state index is 0.00856. The molecule has 0 aliphatic heterocycles. The molecule has 2 aromatic carbocycles. The molecule has 6 nitrogen and oxygen atoms in total. The number of alkyl halides is 3. The summed E-state index contributed by atoms with van der Waals surface area (Å²) >= 11 is 0. The molecule has 0 saturated carbocycles. The van der Waals surface area contributed by atoms with Crippen molar-refractivity contribution in [3.8, 4) is 0 Å². The van der Waals surface area contributed by atoms with Crippen LogP contribution in [0.3, 0.4) is 0 Å². The smallest absolute Gasteiger partial charge is 0.344 e. The molecule has 0 bridgehead atoms. The van der Waals surface area contributed by atoms with Gasteiger partial charge in [-0.15, -0.1) is 0 Å². The Bertz CT molecular complexity index is 1260. The highest BCUT2D eigenvalue weighted by Gasteiger charge is 2.30. The molecule has 0 aliphatic carbocycles. The Balaban J connectivity index is 1.80. The number of benzene rings is 2. The number of amides is 1. The van der Waals surface area contributed by atoms with Crippen molar-refractivity contribution in [1.29, 1.82) is 0 Å². The molecule has 0 fully saturated rings. The molecular formula is C21H20F3N3O3S. The average molecular weight is 451 g/mol. The predicted octanol–water partition coefficient (Wildman–Crippen LogP) is 4.42. The number of carbonyl (C=O) groups excluding carboxylic acids is 1. The molecule has 1 atom stereocenters. The summed E-state index contributed by atoms with van der Waals surface area (Å²) in [6.07, 6.45) is -3.45. The Kier molecular flexibility index (Phi) is 5.95. The van der Waals surface area contributed by atoms with Crippen molar-refractivity contribution in [2.24, 2.45) is 0 Å². The third-order valence-electron chi connectivity index (χ3n) is 4.65. The van der Waals surface area contributed by atoms with E-state index in [1.165, 1.54) is 18.2 Å². The maximum Gasteiger partial charge on any atom is 0.416 e. The van der Waals surface area contributed by atoms with E-state index < -0.39 is 33.7 Å². The average Bonchev–Trinajstić information content (AvgIpc) is 2.66. The summed E-state index contributed by atoms with van der Waals surface area (Å²) < 4.78 is 64.0. The van der Waals surface area contributed by atoms with Gasteiger partial charge in [-0.2, -0.15) is 13.2 Å². The lowest BCUT2D eigenvalue weighted by molar-refractivity contribution is -0.137. The van der Waals surface area contributed by atoms with Gasteiger partial charge < -0.3 is 5.32 Å². The quantitative estimate of drug-likeness (QED) is 0.601. The van der Waals surface area contributed by atoms with Gasteiger partial charge in [0.1, 0.15) is 5.69 Å². The zero-order chi connectivity index (χ0) is 23.0. The van der Waals surface area contributed by atoms with Crippen LogP contribution in [0.4, 0.5) is 18.9 Å². The summed E-state index contributed by atoms with van der Waals surface area (Å²) in [5.74, 6) is -0.539. The fourth-order valence-electron chi connectivity index (χ4n) is 3.04. The van der Waals surface area contributed by atoms with Gasteiger partial charge in [-0.05, 0) is 49.2 Å². The summed E-state index contributed by atoms with van der Waals surface area (Å²) in [6.45, 7) is 3.47. The number of nitrogens with one attached hydrogen (secondary N) is 2. The summed E-state index contributed by atoms with van der Waals surface area (Å²) in [6, 6.07) is 10.7. The zero-order valence-electron chi connectivity index (χ0n) is 16.9. The lowest BCUT2D eigenvalue weighted by Crippen LogP contribution is -2.27. The standard InChI is InChI=1S/C21H20F3N3O3S/c1-12-10-15(6-8-17(12)27-31(3,29)30)13(2)25-20(28)18-9-5-14-4-7-16(21(22,23)24)11-19(14)26-18/h4-11,13,27H,1-3H3,(H,25,28)/t13-/m1/s1. The normalized spacial score (nSPS) is 13.1. The van der Waals surface area contributed by atoms with Crippen LogP contribution in [0.5, 0.6) is 0 Å². The third-order valence-corrected chi connectivity index (χ3v) is 5.24. The molecule has 0 aliphatic rings. The number of hydrogen-bond donors (Lipinski definition) is 2. The van der Waals surface area contributed by atoms with Gasteiger partial charge in [0.05, 0.1) is 29.1 Å². The molecule has 3 aromatic rings. The molecule has 0 unspecified atom stereocenters. The first-order chi connectivity index (χ1) is 14.3. The van der Waals surface area contributed by atoms with Crippen molar-refractivity contribution in [3.63, 3.8) is 0 Å². The number of aryl methyl sites for hydroxylation is 1. The minimum Gasteiger partial charge on any atom is -0.344 e. The molecule has 10 heteroatoms. The molecule has 31 heavy (non-hydrogen) atoms. The first-order valence-corrected chi connectivity index (χ1v) is 11.1. The summed E-state index contributed by atoms with van der Waals surface area (Å²) in [5, 5.41) is 3.24. The van der Waals surface area contributed by atoms with Gasteiger partial charge >= 0.3 is 6.18 Å². The molecule has 164 valence electrons. The number of pyridine rings is 1. The highest BCUT2D eigenvalue weighted by Crippen LogP contribution is 2.31.